The normalized spacial score (nSPS) is 11.9. The van der Waals surface area contributed by atoms with Crippen molar-refractivity contribution in [2.45, 2.75) is 9.79 Å². The molecule has 0 amide bonds. The van der Waals surface area contributed by atoms with Gasteiger partial charge in [0.25, 0.3) is 10.1 Å². The molecule has 0 saturated heterocycles. The van der Waals surface area contributed by atoms with Gasteiger partial charge in [-0.15, -0.1) is 15.3 Å². The molecular weight excluding hydrogens is 652 g/mol. The Morgan fingerprint density at radius 1 is 0.596 bits per heavy atom. The number of azo groups is 2. The molecule has 0 saturated carbocycles. The average Bonchev–Trinajstić information content (AvgIpc) is 3.03. The minimum absolute atomic E-state index is 0. The number of fused-ring (bicyclic) bond motifs is 2. The first-order chi connectivity index (χ1) is 21.6. The molecule has 0 aromatic heterocycles. The van der Waals surface area contributed by atoms with Gasteiger partial charge in [-0.2, -0.15) is 13.5 Å². The minimum atomic E-state index is -4.64. The van der Waals surface area contributed by atoms with Crippen LogP contribution in [0.4, 0.5) is 34.1 Å². The summed E-state index contributed by atoms with van der Waals surface area (Å²) in [5.74, 6) is 0. The van der Waals surface area contributed by atoms with Gasteiger partial charge in [0.05, 0.1) is 27.6 Å². The van der Waals surface area contributed by atoms with Crippen molar-refractivity contribution >= 4 is 75.9 Å². The Morgan fingerprint density at radius 2 is 1.13 bits per heavy atom. The summed E-state index contributed by atoms with van der Waals surface area (Å²) in [7, 11) is -9.21. The Kier molecular flexibility index (Phi) is 11.0. The predicted octanol–water partition coefficient (Wildman–Crippen LogP) is 5.88. The summed E-state index contributed by atoms with van der Waals surface area (Å²) in [5, 5.41) is 22.6. The van der Waals surface area contributed by atoms with E-state index in [-0.39, 0.29) is 51.7 Å². The SMILES string of the molecule is N.O=S(=O)([O-])c1cccc(N=Nc2ccc(N=Nc3ccc(Nc4ccccc4)c4c(S(=O)(=O)O)cccc34)c3ccccc23)c1.[Na+]. The van der Waals surface area contributed by atoms with Crippen LogP contribution in [-0.2, 0) is 20.2 Å². The maximum absolute atomic E-state index is 12.3. The first-order valence-electron chi connectivity index (χ1n) is 13.3. The van der Waals surface area contributed by atoms with E-state index < -0.39 is 25.1 Å². The van der Waals surface area contributed by atoms with Gasteiger partial charge in [-0.25, -0.2) is 8.42 Å². The smallest absolute Gasteiger partial charge is 0.744 e. The molecule has 6 rings (SSSR count). The van der Waals surface area contributed by atoms with Crippen LogP contribution >= 0.6 is 0 Å². The molecule has 15 heteroatoms. The van der Waals surface area contributed by atoms with Crippen LogP contribution in [0.2, 0.25) is 0 Å². The maximum Gasteiger partial charge on any atom is 1.00 e. The van der Waals surface area contributed by atoms with Crippen molar-refractivity contribution in [1.29, 1.82) is 0 Å². The number of rotatable bonds is 8. The molecule has 47 heavy (non-hydrogen) atoms. The van der Waals surface area contributed by atoms with E-state index in [9.17, 15) is 25.9 Å². The summed E-state index contributed by atoms with van der Waals surface area (Å²) in [6.45, 7) is 0. The summed E-state index contributed by atoms with van der Waals surface area (Å²) < 4.78 is 68.8. The van der Waals surface area contributed by atoms with Crippen LogP contribution in [0.15, 0.2) is 152 Å². The summed E-state index contributed by atoms with van der Waals surface area (Å²) >= 11 is 0. The van der Waals surface area contributed by atoms with Crippen LogP contribution in [-0.4, -0.2) is 25.9 Å². The Labute approximate surface area is 292 Å². The molecule has 6 aromatic rings. The number of hydrogen-bond donors (Lipinski definition) is 3. The Hall–Kier alpha value is -4.38. The predicted molar refractivity (Wildman–Crippen MR) is 175 cm³/mol. The van der Waals surface area contributed by atoms with Crippen molar-refractivity contribution in [3.05, 3.63) is 121 Å². The van der Waals surface area contributed by atoms with E-state index in [1.807, 2.05) is 54.6 Å². The first-order valence-corrected chi connectivity index (χ1v) is 16.2. The number of nitrogens with zero attached hydrogens (tertiary/aromatic N) is 4. The molecule has 0 atom stereocenters. The zero-order valence-electron chi connectivity index (χ0n) is 24.8. The third-order valence-electron chi connectivity index (χ3n) is 6.83. The van der Waals surface area contributed by atoms with Crippen LogP contribution in [0.5, 0.6) is 0 Å². The molecule has 0 aliphatic heterocycles. The van der Waals surface area contributed by atoms with E-state index in [1.165, 1.54) is 30.3 Å². The summed E-state index contributed by atoms with van der Waals surface area (Å²) in [5.41, 5.74) is 2.72. The first kappa shape index (κ1) is 35.5. The van der Waals surface area contributed by atoms with Crippen molar-refractivity contribution < 1.29 is 55.5 Å². The van der Waals surface area contributed by atoms with Crippen LogP contribution in [0, 0.1) is 0 Å². The largest absolute Gasteiger partial charge is 1.00 e. The number of para-hydroxylation sites is 1. The van der Waals surface area contributed by atoms with Gasteiger partial charge < -0.3 is 16.0 Å². The van der Waals surface area contributed by atoms with Gasteiger partial charge in [-0.05, 0) is 60.7 Å². The second-order valence-electron chi connectivity index (χ2n) is 9.78. The fourth-order valence-corrected chi connectivity index (χ4v) is 6.04. The van der Waals surface area contributed by atoms with Crippen molar-refractivity contribution in [2.75, 3.05) is 5.32 Å². The monoisotopic (exact) mass is 676 g/mol. The van der Waals surface area contributed by atoms with Crippen molar-refractivity contribution in [1.82, 2.24) is 6.15 Å². The molecule has 12 nitrogen and oxygen atoms in total. The third kappa shape index (κ3) is 7.96. The van der Waals surface area contributed by atoms with E-state index in [0.717, 1.165) is 11.8 Å². The summed E-state index contributed by atoms with van der Waals surface area (Å²) in [4.78, 5) is -0.672. The molecule has 0 radical (unpaired) electrons. The van der Waals surface area contributed by atoms with Gasteiger partial charge in [-0.1, -0.05) is 60.7 Å². The molecular formula is C32H25N6NaO6S2. The maximum atomic E-state index is 12.3. The second kappa shape index (κ2) is 14.6. The number of benzene rings is 6. The van der Waals surface area contributed by atoms with E-state index >= 15 is 0 Å². The molecule has 0 aliphatic carbocycles. The fourth-order valence-electron chi connectivity index (χ4n) is 4.80. The van der Waals surface area contributed by atoms with E-state index in [0.29, 0.717) is 38.9 Å². The van der Waals surface area contributed by atoms with E-state index in [4.69, 9.17) is 0 Å². The van der Waals surface area contributed by atoms with Gasteiger partial charge in [0.15, 0.2) is 0 Å². The van der Waals surface area contributed by atoms with Gasteiger partial charge >= 0.3 is 29.6 Å². The van der Waals surface area contributed by atoms with Crippen LogP contribution in [0.25, 0.3) is 21.5 Å². The third-order valence-corrected chi connectivity index (χ3v) is 8.56. The standard InChI is InChI=1S/C32H23N5O6S2.H3N.Na/c38-44(39,40)23-11-6-10-22(20-23)34-35-27-16-17-28(25-13-5-4-12-24(25)27)36-37-29-18-19-30(33-21-8-2-1-3-9-21)32-26(29)14-7-15-31(32)45(41,42)43;;/h1-20,33H,(H,38,39,40)(H,41,42,43);1H3;/q;;+1/p-1. The molecule has 0 unspecified atom stereocenters. The number of anilines is 2. The van der Waals surface area contributed by atoms with Crippen molar-refractivity contribution in [3.8, 4) is 0 Å². The fraction of sp³-hybridized carbons (Fsp3) is 0. The molecule has 0 fully saturated rings. The van der Waals surface area contributed by atoms with Gasteiger partial charge in [0.1, 0.15) is 15.0 Å². The zero-order chi connectivity index (χ0) is 31.6. The molecule has 0 heterocycles. The summed E-state index contributed by atoms with van der Waals surface area (Å²) in [6.07, 6.45) is 0. The van der Waals surface area contributed by atoms with Crippen LogP contribution < -0.4 is 41.0 Å². The van der Waals surface area contributed by atoms with Gasteiger partial charge in [0, 0.05) is 32.9 Å². The summed E-state index contributed by atoms with van der Waals surface area (Å²) in [6, 6.07) is 33.1. The Morgan fingerprint density at radius 3 is 1.74 bits per heavy atom. The zero-order valence-corrected chi connectivity index (χ0v) is 28.5. The Balaban J connectivity index is 0.00000250. The van der Waals surface area contributed by atoms with Crippen molar-refractivity contribution in [3.63, 3.8) is 0 Å². The number of hydrogen-bond acceptors (Lipinski definition) is 11. The average molecular weight is 677 g/mol. The minimum Gasteiger partial charge on any atom is -0.744 e. The number of nitrogens with one attached hydrogen (secondary N) is 1. The van der Waals surface area contributed by atoms with Gasteiger partial charge in [0.2, 0.25) is 0 Å². The topological polar surface area (TPSA) is 208 Å². The molecule has 6 aromatic carbocycles. The molecule has 0 bridgehead atoms. The quantitative estimate of drug-likeness (QED) is 0.100. The van der Waals surface area contributed by atoms with E-state index in [2.05, 4.69) is 25.8 Å². The van der Waals surface area contributed by atoms with E-state index in [1.54, 1.807) is 30.3 Å². The van der Waals surface area contributed by atoms with Crippen molar-refractivity contribution in [2.24, 2.45) is 20.5 Å². The van der Waals surface area contributed by atoms with Gasteiger partial charge in [-0.3, -0.25) is 4.55 Å². The molecule has 0 aliphatic rings. The molecule has 5 N–H and O–H groups in total. The molecule has 232 valence electrons. The second-order valence-corrected chi connectivity index (χ2v) is 12.5. The van der Waals surface area contributed by atoms with Crippen LogP contribution in [0.1, 0.15) is 0 Å². The van der Waals surface area contributed by atoms with Crippen LogP contribution in [0.3, 0.4) is 0 Å². The molecule has 0 spiro atoms. The Bertz CT molecular complexity index is 2370.